The maximum absolute atomic E-state index is 4.52. The summed E-state index contributed by atoms with van der Waals surface area (Å²) in [4.78, 5) is 4.52. The van der Waals surface area contributed by atoms with Crippen LogP contribution in [-0.4, -0.2) is 15.2 Å². The van der Waals surface area contributed by atoms with Crippen LogP contribution in [0.1, 0.15) is 22.3 Å². The summed E-state index contributed by atoms with van der Waals surface area (Å²) in [5.41, 5.74) is 6.76. The van der Waals surface area contributed by atoms with Crippen molar-refractivity contribution in [1.29, 1.82) is 0 Å². The second-order valence-corrected chi connectivity index (χ2v) is 5.93. The van der Waals surface area contributed by atoms with Crippen LogP contribution in [-0.2, 0) is 0 Å². The van der Waals surface area contributed by atoms with Crippen molar-refractivity contribution in [2.45, 2.75) is 27.7 Å². The van der Waals surface area contributed by atoms with Gasteiger partial charge in [-0.25, -0.2) is 0 Å². The van der Waals surface area contributed by atoms with Crippen LogP contribution in [0.2, 0.25) is 0 Å². The number of para-hydroxylation sites is 1. The van der Waals surface area contributed by atoms with Gasteiger partial charge in [0.1, 0.15) is 0 Å². The highest BCUT2D eigenvalue weighted by molar-refractivity contribution is 5.65. The predicted molar refractivity (Wildman–Crippen MR) is 98.2 cm³/mol. The first-order valence-corrected chi connectivity index (χ1v) is 7.91. The van der Waals surface area contributed by atoms with Crippen molar-refractivity contribution in [2.24, 2.45) is 0 Å². The number of anilines is 4. The molecular weight excluding hydrogens is 298 g/mol. The molecule has 24 heavy (non-hydrogen) atoms. The SMILES string of the molecule is Cc1cccc(Nc2nncc(Nc3c(C)cccc3C)n2)c1C. The summed E-state index contributed by atoms with van der Waals surface area (Å²) in [6.45, 7) is 8.29. The van der Waals surface area contributed by atoms with Crippen molar-refractivity contribution in [3.8, 4) is 0 Å². The van der Waals surface area contributed by atoms with Gasteiger partial charge in [-0.05, 0) is 56.0 Å². The van der Waals surface area contributed by atoms with E-state index in [1.165, 1.54) is 11.1 Å². The fourth-order valence-corrected chi connectivity index (χ4v) is 2.56. The molecule has 1 heterocycles. The van der Waals surface area contributed by atoms with Crippen molar-refractivity contribution in [3.63, 3.8) is 0 Å². The first-order chi connectivity index (χ1) is 11.5. The van der Waals surface area contributed by atoms with Gasteiger partial charge < -0.3 is 10.6 Å². The maximum atomic E-state index is 4.52. The molecule has 1 aromatic heterocycles. The van der Waals surface area contributed by atoms with E-state index in [4.69, 9.17) is 0 Å². The number of benzene rings is 2. The molecule has 5 nitrogen and oxygen atoms in total. The third-order valence-electron chi connectivity index (χ3n) is 4.14. The van der Waals surface area contributed by atoms with E-state index < -0.39 is 0 Å². The zero-order valence-corrected chi connectivity index (χ0v) is 14.4. The molecule has 0 spiro atoms. The molecule has 0 aliphatic rings. The average Bonchev–Trinajstić information content (AvgIpc) is 2.56. The van der Waals surface area contributed by atoms with E-state index in [-0.39, 0.29) is 0 Å². The summed E-state index contributed by atoms with van der Waals surface area (Å²) >= 11 is 0. The molecule has 122 valence electrons. The number of aromatic nitrogens is 3. The van der Waals surface area contributed by atoms with E-state index in [1.54, 1.807) is 6.20 Å². The summed E-state index contributed by atoms with van der Waals surface area (Å²) in [5, 5.41) is 14.7. The first-order valence-electron chi connectivity index (χ1n) is 7.91. The van der Waals surface area contributed by atoms with Crippen LogP contribution >= 0.6 is 0 Å². The molecular formula is C19H21N5. The highest BCUT2D eigenvalue weighted by Gasteiger charge is 2.07. The fraction of sp³-hybridized carbons (Fsp3) is 0.211. The first kappa shape index (κ1) is 15.9. The third-order valence-corrected chi connectivity index (χ3v) is 4.14. The number of nitrogens with zero attached hydrogens (tertiary/aromatic N) is 3. The number of hydrogen-bond acceptors (Lipinski definition) is 5. The molecule has 2 N–H and O–H groups in total. The van der Waals surface area contributed by atoms with E-state index in [1.807, 2.05) is 18.2 Å². The van der Waals surface area contributed by atoms with Crippen LogP contribution in [0.25, 0.3) is 0 Å². The average molecular weight is 319 g/mol. The van der Waals surface area contributed by atoms with E-state index in [0.29, 0.717) is 11.8 Å². The lowest BCUT2D eigenvalue weighted by Crippen LogP contribution is -2.04. The van der Waals surface area contributed by atoms with E-state index in [2.05, 4.69) is 71.7 Å². The van der Waals surface area contributed by atoms with Crippen LogP contribution in [0, 0.1) is 27.7 Å². The Morgan fingerprint density at radius 3 is 2.21 bits per heavy atom. The minimum atomic E-state index is 0.472. The number of hydrogen-bond donors (Lipinski definition) is 2. The molecule has 0 fully saturated rings. The molecule has 2 aromatic carbocycles. The minimum Gasteiger partial charge on any atom is -0.338 e. The number of nitrogens with one attached hydrogen (secondary N) is 2. The van der Waals surface area contributed by atoms with Gasteiger partial charge in [0.05, 0.1) is 6.20 Å². The summed E-state index contributed by atoms with van der Waals surface area (Å²) in [5.74, 6) is 1.13. The molecule has 0 atom stereocenters. The summed E-state index contributed by atoms with van der Waals surface area (Å²) in [6.07, 6.45) is 1.63. The van der Waals surface area contributed by atoms with Crippen LogP contribution < -0.4 is 10.6 Å². The van der Waals surface area contributed by atoms with Crippen molar-refractivity contribution in [3.05, 3.63) is 64.8 Å². The highest BCUT2D eigenvalue weighted by atomic mass is 15.3. The van der Waals surface area contributed by atoms with Crippen LogP contribution in [0.4, 0.5) is 23.1 Å². The number of aryl methyl sites for hydroxylation is 3. The molecule has 0 saturated carbocycles. The van der Waals surface area contributed by atoms with Crippen molar-refractivity contribution >= 4 is 23.1 Å². The van der Waals surface area contributed by atoms with Gasteiger partial charge in [-0.2, -0.15) is 10.1 Å². The smallest absolute Gasteiger partial charge is 0.249 e. The van der Waals surface area contributed by atoms with E-state index >= 15 is 0 Å². The van der Waals surface area contributed by atoms with Crippen LogP contribution in [0.15, 0.2) is 42.6 Å². The Bertz CT molecular complexity index is 853. The molecule has 0 amide bonds. The highest BCUT2D eigenvalue weighted by Crippen LogP contribution is 2.24. The maximum Gasteiger partial charge on any atom is 0.249 e. The Morgan fingerprint density at radius 2 is 1.46 bits per heavy atom. The Labute approximate surface area is 142 Å². The monoisotopic (exact) mass is 319 g/mol. The van der Waals surface area contributed by atoms with Crippen molar-refractivity contribution in [2.75, 3.05) is 10.6 Å². The number of rotatable bonds is 4. The van der Waals surface area contributed by atoms with Gasteiger partial charge >= 0.3 is 0 Å². The van der Waals surface area contributed by atoms with Gasteiger partial charge in [0.2, 0.25) is 5.95 Å². The molecule has 0 bridgehead atoms. The second-order valence-electron chi connectivity index (χ2n) is 5.93. The summed E-state index contributed by atoms with van der Waals surface area (Å²) < 4.78 is 0. The van der Waals surface area contributed by atoms with Gasteiger partial charge in [0, 0.05) is 11.4 Å². The lowest BCUT2D eigenvalue weighted by molar-refractivity contribution is 0.981. The molecule has 3 rings (SSSR count). The standard InChI is InChI=1S/C19H21N5/c1-12-7-6-10-16(15(12)4)21-19-23-17(11-20-24-19)22-18-13(2)8-5-9-14(18)3/h5-11H,1-4H3,(H2,21,22,23,24). The Morgan fingerprint density at radius 1 is 0.792 bits per heavy atom. The van der Waals surface area contributed by atoms with Crippen LogP contribution in [0.3, 0.4) is 0 Å². The second kappa shape index (κ2) is 6.66. The zero-order valence-electron chi connectivity index (χ0n) is 14.4. The van der Waals surface area contributed by atoms with Crippen molar-refractivity contribution in [1.82, 2.24) is 15.2 Å². The topological polar surface area (TPSA) is 62.7 Å². The van der Waals surface area contributed by atoms with Gasteiger partial charge in [0.25, 0.3) is 0 Å². The molecule has 3 aromatic rings. The normalized spacial score (nSPS) is 10.5. The molecule has 0 aliphatic heterocycles. The summed E-state index contributed by atoms with van der Waals surface area (Å²) in [6, 6.07) is 12.3. The quantitative estimate of drug-likeness (QED) is 0.736. The molecule has 0 unspecified atom stereocenters. The summed E-state index contributed by atoms with van der Waals surface area (Å²) in [7, 11) is 0. The van der Waals surface area contributed by atoms with Gasteiger partial charge in [-0.3, -0.25) is 0 Å². The molecule has 0 saturated heterocycles. The predicted octanol–water partition coefficient (Wildman–Crippen LogP) is 4.59. The Hall–Kier alpha value is -2.95. The van der Waals surface area contributed by atoms with Crippen LogP contribution in [0.5, 0.6) is 0 Å². The minimum absolute atomic E-state index is 0.472. The lowest BCUT2D eigenvalue weighted by atomic mass is 10.1. The Balaban J connectivity index is 1.86. The molecule has 0 aliphatic carbocycles. The zero-order chi connectivity index (χ0) is 17.1. The van der Waals surface area contributed by atoms with E-state index in [9.17, 15) is 0 Å². The van der Waals surface area contributed by atoms with Gasteiger partial charge in [0.15, 0.2) is 5.82 Å². The lowest BCUT2D eigenvalue weighted by Gasteiger charge is -2.13. The van der Waals surface area contributed by atoms with E-state index in [0.717, 1.165) is 22.5 Å². The van der Waals surface area contributed by atoms with Gasteiger partial charge in [-0.1, -0.05) is 30.3 Å². The molecule has 0 radical (unpaired) electrons. The third kappa shape index (κ3) is 3.35. The van der Waals surface area contributed by atoms with Crippen molar-refractivity contribution < 1.29 is 0 Å². The van der Waals surface area contributed by atoms with Gasteiger partial charge in [-0.15, -0.1) is 5.10 Å². The Kier molecular flexibility index (Phi) is 4.42. The molecule has 5 heteroatoms. The fourth-order valence-electron chi connectivity index (χ4n) is 2.56. The largest absolute Gasteiger partial charge is 0.338 e.